The van der Waals surface area contributed by atoms with Crippen LogP contribution in [-0.2, 0) is 9.47 Å². The molecule has 3 nitrogen and oxygen atoms in total. The lowest BCUT2D eigenvalue weighted by atomic mass is 10.4. The molecule has 2 atom stereocenters. The lowest BCUT2D eigenvalue weighted by Gasteiger charge is -2.12. The Morgan fingerprint density at radius 2 is 1.86 bits per heavy atom. The van der Waals surface area contributed by atoms with Gasteiger partial charge in [-0.15, -0.1) is 11.6 Å². The minimum absolute atomic E-state index is 0.272. The van der Waals surface area contributed by atoms with Gasteiger partial charge in [0, 0.05) is 16.0 Å². The summed E-state index contributed by atoms with van der Waals surface area (Å²) in [6.45, 7) is 1.59. The minimum atomic E-state index is -0.576. The zero-order chi connectivity index (χ0) is 10.8. The molecular weight excluding hydrogens is 339 g/mol. The maximum absolute atomic E-state index is 9.34. The van der Waals surface area contributed by atoms with E-state index in [1.807, 2.05) is 0 Å². The van der Waals surface area contributed by atoms with Crippen molar-refractivity contribution in [2.45, 2.75) is 10.9 Å². The number of ether oxygens (including phenoxy) is 2. The normalized spacial score (nSPS) is 15.4. The number of halogens is 3. The molecule has 0 fully saturated rings. The van der Waals surface area contributed by atoms with Gasteiger partial charge in [0.1, 0.15) is 6.10 Å². The lowest BCUT2D eigenvalue weighted by Crippen LogP contribution is -2.24. The first-order valence-corrected chi connectivity index (χ1v) is 6.87. The predicted molar refractivity (Wildman–Crippen MR) is 64.9 cm³/mol. The second kappa shape index (κ2) is 10.6. The van der Waals surface area contributed by atoms with Crippen molar-refractivity contribution >= 4 is 43.5 Å². The van der Waals surface area contributed by atoms with Crippen LogP contribution >= 0.6 is 43.5 Å². The summed E-state index contributed by atoms with van der Waals surface area (Å²) in [6, 6.07) is 0. The van der Waals surface area contributed by atoms with Crippen molar-refractivity contribution in [3.05, 3.63) is 0 Å². The Balaban J connectivity index is 3.21. The Morgan fingerprint density at radius 1 is 1.21 bits per heavy atom. The zero-order valence-corrected chi connectivity index (χ0v) is 11.7. The summed E-state index contributed by atoms with van der Waals surface area (Å²) in [7, 11) is 0. The minimum Gasteiger partial charge on any atom is -0.388 e. The molecule has 0 aliphatic heterocycles. The first-order chi connectivity index (χ1) is 6.70. The van der Waals surface area contributed by atoms with E-state index in [0.717, 1.165) is 5.33 Å². The van der Waals surface area contributed by atoms with Gasteiger partial charge in [-0.2, -0.15) is 0 Å². The van der Waals surface area contributed by atoms with Crippen LogP contribution in [0.25, 0.3) is 0 Å². The molecule has 0 bridgehead atoms. The molecular formula is C8H15Br2ClO3. The van der Waals surface area contributed by atoms with Crippen LogP contribution in [0.15, 0.2) is 0 Å². The van der Waals surface area contributed by atoms with Crippen LogP contribution in [0.3, 0.4) is 0 Å². The summed E-state index contributed by atoms with van der Waals surface area (Å²) >= 11 is 12.1. The van der Waals surface area contributed by atoms with Crippen molar-refractivity contribution in [2.24, 2.45) is 0 Å². The monoisotopic (exact) mass is 352 g/mol. The van der Waals surface area contributed by atoms with Crippen molar-refractivity contribution in [1.82, 2.24) is 0 Å². The molecule has 6 heteroatoms. The van der Waals surface area contributed by atoms with Gasteiger partial charge in [-0.05, 0) is 0 Å². The fraction of sp³-hybridized carbons (Fsp3) is 1.00. The van der Waals surface area contributed by atoms with E-state index in [9.17, 15) is 5.11 Å². The maximum Gasteiger partial charge on any atom is 0.101 e. The van der Waals surface area contributed by atoms with Gasteiger partial charge in [-0.1, -0.05) is 31.9 Å². The average molecular weight is 354 g/mol. The molecule has 0 aromatic rings. The summed E-state index contributed by atoms with van der Waals surface area (Å²) in [5.74, 6) is 0.445. The third kappa shape index (κ3) is 9.68. The summed E-state index contributed by atoms with van der Waals surface area (Å²) in [5, 5.41) is 10.2. The van der Waals surface area contributed by atoms with E-state index in [2.05, 4.69) is 31.9 Å². The van der Waals surface area contributed by atoms with Crippen molar-refractivity contribution in [1.29, 1.82) is 0 Å². The number of rotatable bonds is 9. The maximum atomic E-state index is 9.34. The van der Waals surface area contributed by atoms with Crippen LogP contribution < -0.4 is 0 Å². The SMILES string of the molecule is OC(COCCCl)COCC(Br)CBr. The van der Waals surface area contributed by atoms with Crippen LogP contribution in [-0.4, -0.2) is 53.7 Å². The first-order valence-electron chi connectivity index (χ1n) is 4.30. The molecule has 0 rings (SSSR count). The molecule has 0 saturated carbocycles. The number of aliphatic hydroxyl groups excluding tert-OH is 1. The second-order valence-electron chi connectivity index (χ2n) is 2.71. The molecule has 1 N–H and O–H groups in total. The highest BCUT2D eigenvalue weighted by Crippen LogP contribution is 2.03. The van der Waals surface area contributed by atoms with Crippen molar-refractivity contribution in [3.8, 4) is 0 Å². The van der Waals surface area contributed by atoms with Crippen molar-refractivity contribution in [3.63, 3.8) is 0 Å². The molecule has 2 unspecified atom stereocenters. The lowest BCUT2D eigenvalue weighted by molar-refractivity contribution is -0.0144. The molecule has 14 heavy (non-hydrogen) atoms. The molecule has 0 aromatic heterocycles. The van der Waals surface area contributed by atoms with Crippen molar-refractivity contribution < 1.29 is 14.6 Å². The Bertz CT molecular complexity index is 129. The van der Waals surface area contributed by atoms with Gasteiger partial charge < -0.3 is 14.6 Å². The van der Waals surface area contributed by atoms with E-state index in [-0.39, 0.29) is 18.0 Å². The largest absolute Gasteiger partial charge is 0.388 e. The molecule has 0 aliphatic rings. The average Bonchev–Trinajstić information content (AvgIpc) is 2.18. The highest BCUT2D eigenvalue weighted by Gasteiger charge is 2.06. The molecule has 0 heterocycles. The van der Waals surface area contributed by atoms with Gasteiger partial charge in [-0.25, -0.2) is 0 Å². The van der Waals surface area contributed by atoms with E-state index in [1.165, 1.54) is 0 Å². The molecule has 86 valence electrons. The summed E-state index contributed by atoms with van der Waals surface area (Å²) < 4.78 is 10.3. The summed E-state index contributed by atoms with van der Waals surface area (Å²) in [5.41, 5.74) is 0. The molecule has 0 radical (unpaired) electrons. The van der Waals surface area contributed by atoms with Crippen LogP contribution in [0.1, 0.15) is 0 Å². The van der Waals surface area contributed by atoms with Crippen LogP contribution in [0.2, 0.25) is 0 Å². The number of alkyl halides is 3. The van der Waals surface area contributed by atoms with Crippen LogP contribution in [0.4, 0.5) is 0 Å². The van der Waals surface area contributed by atoms with Gasteiger partial charge in [0.15, 0.2) is 0 Å². The Morgan fingerprint density at radius 3 is 2.43 bits per heavy atom. The van der Waals surface area contributed by atoms with Crippen LogP contribution in [0.5, 0.6) is 0 Å². The van der Waals surface area contributed by atoms with Crippen molar-refractivity contribution in [2.75, 3.05) is 37.6 Å². The van der Waals surface area contributed by atoms with Gasteiger partial charge in [0.05, 0.1) is 26.4 Å². The van der Waals surface area contributed by atoms with E-state index < -0.39 is 6.10 Å². The smallest absolute Gasteiger partial charge is 0.101 e. The number of hydrogen-bond donors (Lipinski definition) is 1. The number of hydrogen-bond acceptors (Lipinski definition) is 3. The Labute approximate surface area is 106 Å². The quantitative estimate of drug-likeness (QED) is 0.507. The first kappa shape index (κ1) is 15.1. The second-order valence-corrected chi connectivity index (χ2v) is 5.03. The zero-order valence-electron chi connectivity index (χ0n) is 7.79. The molecule has 0 amide bonds. The van der Waals surface area contributed by atoms with E-state index in [1.54, 1.807) is 0 Å². The van der Waals surface area contributed by atoms with E-state index >= 15 is 0 Å². The fourth-order valence-electron chi connectivity index (χ4n) is 0.699. The number of aliphatic hydroxyl groups is 1. The third-order valence-corrected chi connectivity index (χ3v) is 3.70. The highest BCUT2D eigenvalue weighted by molar-refractivity contribution is 9.12. The molecule has 0 aliphatic carbocycles. The van der Waals surface area contributed by atoms with Gasteiger partial charge in [-0.3, -0.25) is 0 Å². The molecule has 0 saturated heterocycles. The van der Waals surface area contributed by atoms with E-state index in [4.69, 9.17) is 21.1 Å². The van der Waals surface area contributed by atoms with Gasteiger partial charge in [0.2, 0.25) is 0 Å². The van der Waals surface area contributed by atoms with Crippen LogP contribution in [0, 0.1) is 0 Å². The Hall–Kier alpha value is 1.13. The highest BCUT2D eigenvalue weighted by atomic mass is 79.9. The predicted octanol–water partition coefficient (Wildman–Crippen LogP) is 1.78. The van der Waals surface area contributed by atoms with Gasteiger partial charge in [0.25, 0.3) is 0 Å². The third-order valence-electron chi connectivity index (χ3n) is 1.31. The topological polar surface area (TPSA) is 38.7 Å². The standard InChI is InChI=1S/C8H15Br2ClO3/c9-3-7(10)4-14-6-8(12)5-13-2-1-11/h7-8,12H,1-6H2. The van der Waals surface area contributed by atoms with E-state index in [0.29, 0.717) is 19.1 Å². The summed E-state index contributed by atoms with van der Waals surface area (Å²) in [6.07, 6.45) is -0.576. The molecule has 0 spiro atoms. The fourth-order valence-corrected chi connectivity index (χ4v) is 1.18. The molecule has 0 aromatic carbocycles. The van der Waals surface area contributed by atoms with Gasteiger partial charge >= 0.3 is 0 Å². The Kier molecular flexibility index (Phi) is 11.5. The summed E-state index contributed by atoms with van der Waals surface area (Å²) in [4.78, 5) is 0.276.